The number of rotatable bonds is 26. The summed E-state index contributed by atoms with van der Waals surface area (Å²) in [6, 6.07) is 0. The molecule has 0 aromatic carbocycles. The summed E-state index contributed by atoms with van der Waals surface area (Å²) in [5.41, 5.74) is 0. The van der Waals surface area contributed by atoms with E-state index >= 15 is 0 Å². The molecule has 0 spiro atoms. The van der Waals surface area contributed by atoms with Crippen LogP contribution in [0.15, 0.2) is 0 Å². The summed E-state index contributed by atoms with van der Waals surface area (Å²) in [6.45, 7) is 40.4. The van der Waals surface area contributed by atoms with Crippen LogP contribution in [0.5, 0.6) is 0 Å². The van der Waals surface area contributed by atoms with Crippen molar-refractivity contribution in [3.63, 3.8) is 0 Å². The van der Waals surface area contributed by atoms with Gasteiger partial charge in [0.15, 0.2) is 0 Å². The Hall–Kier alpha value is 0. The molecule has 10 unspecified atom stereocenters. The van der Waals surface area contributed by atoms with Crippen molar-refractivity contribution >= 4 is 0 Å². The van der Waals surface area contributed by atoms with Crippen LogP contribution in [-0.4, -0.2) is 0 Å². The fraction of sp³-hybridized carbons (Fsp3) is 1.00. The predicted octanol–water partition coefficient (Wildman–Crippen LogP) is 17.1. The minimum Gasteiger partial charge on any atom is -0.0654 e. The van der Waals surface area contributed by atoms with Crippen LogP contribution < -0.4 is 0 Å². The first-order valence-corrected chi connectivity index (χ1v) is 21.6. The van der Waals surface area contributed by atoms with E-state index in [0.717, 1.165) is 65.1 Å². The van der Waals surface area contributed by atoms with Gasteiger partial charge in [-0.2, -0.15) is 0 Å². The lowest BCUT2D eigenvalue weighted by molar-refractivity contribution is 0.277. The lowest BCUT2D eigenvalue weighted by Crippen LogP contribution is -2.12. The molecule has 0 aliphatic carbocycles. The molecule has 0 radical (unpaired) electrons. The summed E-state index contributed by atoms with van der Waals surface area (Å²) in [5.74, 6) is 10.1. The van der Waals surface area contributed by atoms with Crippen LogP contribution in [0.1, 0.15) is 233 Å². The Morgan fingerprint density at radius 3 is 0.935 bits per heavy atom. The van der Waals surface area contributed by atoms with E-state index in [-0.39, 0.29) is 0 Å². The van der Waals surface area contributed by atoms with Gasteiger partial charge in [0.2, 0.25) is 0 Å². The molecule has 0 aliphatic rings. The van der Waals surface area contributed by atoms with Gasteiger partial charge in [0.25, 0.3) is 0 Å². The zero-order valence-electron chi connectivity index (χ0n) is 36.1. The number of unbranched alkanes of at least 4 members (excludes halogenated alkanes) is 1. The second-order valence-electron chi connectivity index (χ2n) is 17.9. The van der Waals surface area contributed by atoms with E-state index < -0.39 is 0 Å². The van der Waals surface area contributed by atoms with Crippen molar-refractivity contribution in [3.8, 4) is 0 Å². The van der Waals surface area contributed by atoms with Crippen molar-refractivity contribution in [2.75, 3.05) is 0 Å². The second-order valence-corrected chi connectivity index (χ2v) is 17.9. The maximum Gasteiger partial charge on any atom is -0.0414 e. The Morgan fingerprint density at radius 1 is 0.283 bits per heavy atom. The fourth-order valence-corrected chi connectivity index (χ4v) is 7.12. The van der Waals surface area contributed by atoms with Gasteiger partial charge >= 0.3 is 0 Å². The third-order valence-electron chi connectivity index (χ3n) is 11.9. The van der Waals surface area contributed by atoms with Crippen molar-refractivity contribution in [1.82, 2.24) is 0 Å². The van der Waals surface area contributed by atoms with Crippen LogP contribution in [0.3, 0.4) is 0 Å². The Morgan fingerprint density at radius 2 is 0.630 bits per heavy atom. The molecule has 0 amide bonds. The highest BCUT2D eigenvalue weighted by molar-refractivity contribution is 4.68. The highest BCUT2D eigenvalue weighted by atomic mass is 14.2. The molecule has 46 heavy (non-hydrogen) atoms. The maximum atomic E-state index is 2.45. The summed E-state index contributed by atoms with van der Waals surface area (Å²) in [4.78, 5) is 0. The number of hydrogen-bond acceptors (Lipinski definition) is 0. The van der Waals surface area contributed by atoms with Gasteiger partial charge in [0.1, 0.15) is 0 Å². The molecule has 0 bridgehead atoms. The van der Waals surface area contributed by atoms with E-state index in [1.165, 1.54) is 116 Å². The molecule has 0 nitrogen and oxygen atoms in total. The van der Waals surface area contributed by atoms with E-state index in [0.29, 0.717) is 0 Å². The minimum absolute atomic E-state index is 0.875. The van der Waals surface area contributed by atoms with E-state index in [1.807, 2.05) is 0 Å². The third-order valence-corrected chi connectivity index (χ3v) is 11.9. The standard InChI is InChI=1S/2C16H34.C14H30/c2*1-7-9-14(4)10-11-15(5)16(6)12-13(3)8-2;1-6-13(4)9-7-8-10-14(5)11-12(2)3/h2*13-16H,7-12H2,1-6H3;12-14H,6-11H2,1-5H3. The van der Waals surface area contributed by atoms with E-state index in [4.69, 9.17) is 0 Å². The highest BCUT2D eigenvalue weighted by Gasteiger charge is 2.17. The van der Waals surface area contributed by atoms with Gasteiger partial charge in [-0.3, -0.25) is 0 Å². The smallest absolute Gasteiger partial charge is 0.0414 e. The van der Waals surface area contributed by atoms with Crippen LogP contribution in [0.2, 0.25) is 0 Å². The van der Waals surface area contributed by atoms with Crippen LogP contribution in [0, 0.1) is 65.1 Å². The first-order chi connectivity index (χ1) is 21.6. The molecule has 0 saturated heterocycles. The normalized spacial score (nSPS) is 18.1. The molecule has 0 fully saturated rings. The first-order valence-electron chi connectivity index (χ1n) is 21.6. The molecule has 0 N–H and O–H groups in total. The van der Waals surface area contributed by atoms with Crippen LogP contribution in [-0.2, 0) is 0 Å². The quantitative estimate of drug-likeness (QED) is 0.0817. The van der Waals surface area contributed by atoms with Crippen molar-refractivity contribution in [2.45, 2.75) is 233 Å². The highest BCUT2D eigenvalue weighted by Crippen LogP contribution is 2.28. The van der Waals surface area contributed by atoms with Crippen LogP contribution >= 0.6 is 0 Å². The lowest BCUT2D eigenvalue weighted by atomic mass is 9.82. The fourth-order valence-electron chi connectivity index (χ4n) is 7.12. The van der Waals surface area contributed by atoms with Crippen LogP contribution in [0.4, 0.5) is 0 Å². The predicted molar refractivity (Wildman–Crippen MR) is 218 cm³/mol. The Kier molecular flexibility index (Phi) is 36.7. The van der Waals surface area contributed by atoms with Crippen molar-refractivity contribution in [1.29, 1.82) is 0 Å². The third kappa shape index (κ3) is 33.9. The van der Waals surface area contributed by atoms with Gasteiger partial charge in [-0.1, -0.05) is 214 Å². The molecule has 282 valence electrons. The van der Waals surface area contributed by atoms with Crippen molar-refractivity contribution in [3.05, 3.63) is 0 Å². The zero-order chi connectivity index (χ0) is 36.1. The van der Waals surface area contributed by atoms with E-state index in [1.54, 1.807) is 0 Å². The van der Waals surface area contributed by atoms with Gasteiger partial charge < -0.3 is 0 Å². The SMILES string of the molecule is CCC(C)CCCCC(C)CC(C)C.CCCC(C)CCC(C)C(C)CC(C)CC.CCCC(C)CCC(C)C(C)CC(C)CC. The molecule has 0 aromatic rings. The molecular weight excluding hydrogens is 553 g/mol. The molecule has 0 aromatic heterocycles. The first kappa shape index (κ1) is 50.4. The molecule has 0 rings (SSSR count). The molecule has 0 aliphatic heterocycles. The average Bonchev–Trinajstić information content (AvgIpc) is 3.00. The summed E-state index contributed by atoms with van der Waals surface area (Å²) in [5, 5.41) is 0. The molecule has 0 heterocycles. The topological polar surface area (TPSA) is 0 Å². The molecule has 0 saturated carbocycles. The Bertz CT molecular complexity index is 541. The maximum absolute atomic E-state index is 2.45. The van der Waals surface area contributed by atoms with Gasteiger partial charge in [0, 0.05) is 0 Å². The molecule has 0 heteroatoms. The molecule has 10 atom stereocenters. The summed E-state index contributed by atoms with van der Waals surface area (Å²) in [6.07, 6.45) is 25.2. The van der Waals surface area contributed by atoms with Gasteiger partial charge in [-0.25, -0.2) is 0 Å². The van der Waals surface area contributed by atoms with Gasteiger partial charge in [0.05, 0.1) is 0 Å². The van der Waals surface area contributed by atoms with E-state index in [9.17, 15) is 0 Å². The summed E-state index contributed by atoms with van der Waals surface area (Å²) < 4.78 is 0. The summed E-state index contributed by atoms with van der Waals surface area (Å²) in [7, 11) is 0. The number of hydrogen-bond donors (Lipinski definition) is 0. The van der Waals surface area contributed by atoms with Gasteiger partial charge in [-0.05, 0) is 84.4 Å². The Balaban J connectivity index is -0.000000605. The van der Waals surface area contributed by atoms with Crippen LogP contribution in [0.25, 0.3) is 0 Å². The van der Waals surface area contributed by atoms with Crippen molar-refractivity contribution < 1.29 is 0 Å². The Labute approximate surface area is 297 Å². The van der Waals surface area contributed by atoms with Crippen molar-refractivity contribution in [2.24, 2.45) is 65.1 Å². The average molecular weight is 651 g/mol. The zero-order valence-corrected chi connectivity index (χ0v) is 36.1. The largest absolute Gasteiger partial charge is 0.0654 e. The lowest BCUT2D eigenvalue weighted by Gasteiger charge is -2.23. The molecular formula is C46H98. The monoisotopic (exact) mass is 651 g/mol. The van der Waals surface area contributed by atoms with E-state index in [2.05, 4.69) is 118 Å². The second kappa shape index (κ2) is 33.5. The van der Waals surface area contributed by atoms with Gasteiger partial charge in [-0.15, -0.1) is 0 Å². The summed E-state index contributed by atoms with van der Waals surface area (Å²) >= 11 is 0. The minimum atomic E-state index is 0.875.